The maximum absolute atomic E-state index is 12.9. The minimum absolute atomic E-state index is 0.0516. The molecule has 28 heavy (non-hydrogen) atoms. The monoisotopic (exact) mass is 400 g/mol. The summed E-state index contributed by atoms with van der Waals surface area (Å²) >= 11 is 0. The van der Waals surface area contributed by atoms with Crippen molar-refractivity contribution < 1.29 is 17.9 Å². The molecule has 0 bridgehead atoms. The van der Waals surface area contributed by atoms with Gasteiger partial charge in [0.05, 0.1) is 11.5 Å². The maximum Gasteiger partial charge on any atom is 0.253 e. The number of amides is 1. The number of aryl methyl sites for hydroxylation is 1. The van der Waals surface area contributed by atoms with E-state index in [4.69, 9.17) is 4.74 Å². The minimum atomic E-state index is -3.55. The fourth-order valence-electron chi connectivity index (χ4n) is 3.70. The lowest BCUT2D eigenvalue weighted by atomic mass is 10.1. The molecule has 0 aromatic heterocycles. The van der Waals surface area contributed by atoms with Crippen molar-refractivity contribution in [2.24, 2.45) is 0 Å². The third kappa shape index (κ3) is 3.64. The van der Waals surface area contributed by atoms with E-state index in [-0.39, 0.29) is 5.91 Å². The second kappa shape index (κ2) is 7.56. The van der Waals surface area contributed by atoms with Gasteiger partial charge < -0.3 is 9.64 Å². The van der Waals surface area contributed by atoms with E-state index >= 15 is 0 Å². The molecule has 1 saturated heterocycles. The number of sulfonamides is 1. The first-order chi connectivity index (χ1) is 13.4. The van der Waals surface area contributed by atoms with Gasteiger partial charge in [-0.1, -0.05) is 17.7 Å². The van der Waals surface area contributed by atoms with Crippen molar-refractivity contribution in [2.75, 3.05) is 32.8 Å². The van der Waals surface area contributed by atoms with Crippen LogP contribution in [0.5, 0.6) is 5.75 Å². The smallest absolute Gasteiger partial charge is 0.253 e. The number of nitrogens with zero attached hydrogens (tertiary/aromatic N) is 2. The molecule has 0 aliphatic carbocycles. The summed E-state index contributed by atoms with van der Waals surface area (Å²) in [7, 11) is -3.55. The molecule has 7 heteroatoms. The van der Waals surface area contributed by atoms with Crippen LogP contribution in [0.25, 0.3) is 0 Å². The molecular weight excluding hydrogens is 376 g/mol. The molecule has 2 aromatic carbocycles. The first kappa shape index (κ1) is 19.0. The van der Waals surface area contributed by atoms with E-state index in [0.717, 1.165) is 23.3 Å². The number of rotatable bonds is 3. The van der Waals surface area contributed by atoms with Crippen LogP contribution in [0.2, 0.25) is 0 Å². The quantitative estimate of drug-likeness (QED) is 0.794. The van der Waals surface area contributed by atoms with Crippen molar-refractivity contribution in [3.63, 3.8) is 0 Å². The molecular formula is C21H24N2O4S. The summed E-state index contributed by atoms with van der Waals surface area (Å²) in [5.74, 6) is 0.798. The predicted octanol–water partition coefficient (Wildman–Crippen LogP) is 2.47. The molecule has 0 saturated carbocycles. The van der Waals surface area contributed by atoms with E-state index in [0.29, 0.717) is 49.7 Å². The zero-order valence-corrected chi connectivity index (χ0v) is 16.7. The Balaban J connectivity index is 1.47. The molecule has 0 radical (unpaired) electrons. The predicted molar refractivity (Wildman–Crippen MR) is 106 cm³/mol. The Morgan fingerprint density at radius 3 is 2.57 bits per heavy atom. The highest BCUT2D eigenvalue weighted by Crippen LogP contribution is 2.27. The maximum atomic E-state index is 12.9. The number of carbonyl (C=O) groups is 1. The average molecular weight is 401 g/mol. The van der Waals surface area contributed by atoms with Gasteiger partial charge in [0.1, 0.15) is 5.75 Å². The fourth-order valence-corrected chi connectivity index (χ4v) is 5.17. The van der Waals surface area contributed by atoms with Crippen molar-refractivity contribution in [1.29, 1.82) is 0 Å². The zero-order valence-electron chi connectivity index (χ0n) is 15.9. The summed E-state index contributed by atoms with van der Waals surface area (Å²) in [5.41, 5.74) is 2.72. The molecule has 2 heterocycles. The number of hydrogen-bond donors (Lipinski definition) is 0. The standard InChI is InChI=1S/C21H24N2O4S/c1-16-3-6-19(7-4-16)28(25,26)23-11-2-10-22(12-13-23)21(24)18-5-8-20-17(15-18)9-14-27-20/h3-8,15H,2,9-14H2,1H3. The molecule has 0 atom stereocenters. The van der Waals surface area contributed by atoms with Crippen LogP contribution in [0.4, 0.5) is 0 Å². The first-order valence-corrected chi connectivity index (χ1v) is 11.0. The van der Waals surface area contributed by atoms with Crippen LogP contribution >= 0.6 is 0 Å². The van der Waals surface area contributed by atoms with Gasteiger partial charge in [0.2, 0.25) is 10.0 Å². The summed E-state index contributed by atoms with van der Waals surface area (Å²) in [6, 6.07) is 12.4. The van der Waals surface area contributed by atoms with E-state index in [1.54, 1.807) is 35.2 Å². The van der Waals surface area contributed by atoms with Crippen LogP contribution in [-0.4, -0.2) is 56.3 Å². The van der Waals surface area contributed by atoms with Gasteiger partial charge in [0.25, 0.3) is 5.91 Å². The summed E-state index contributed by atoms with van der Waals surface area (Å²) in [6.07, 6.45) is 1.43. The normalized spacial score (nSPS) is 17.7. The van der Waals surface area contributed by atoms with Crippen LogP contribution in [-0.2, 0) is 16.4 Å². The van der Waals surface area contributed by atoms with Gasteiger partial charge in [0, 0.05) is 38.2 Å². The number of ether oxygens (including phenoxy) is 1. The lowest BCUT2D eigenvalue weighted by Crippen LogP contribution is -2.37. The molecule has 2 aliphatic heterocycles. The number of hydrogen-bond acceptors (Lipinski definition) is 4. The Morgan fingerprint density at radius 1 is 1.00 bits per heavy atom. The Hall–Kier alpha value is -2.38. The third-order valence-electron chi connectivity index (χ3n) is 5.34. The molecule has 6 nitrogen and oxygen atoms in total. The molecule has 0 N–H and O–H groups in total. The van der Waals surface area contributed by atoms with Gasteiger partial charge in [-0.3, -0.25) is 4.79 Å². The van der Waals surface area contributed by atoms with E-state index < -0.39 is 10.0 Å². The van der Waals surface area contributed by atoms with Gasteiger partial charge >= 0.3 is 0 Å². The van der Waals surface area contributed by atoms with Gasteiger partial charge in [0.15, 0.2) is 0 Å². The molecule has 0 unspecified atom stereocenters. The van der Waals surface area contributed by atoms with Crippen molar-refractivity contribution in [1.82, 2.24) is 9.21 Å². The topological polar surface area (TPSA) is 66.9 Å². The van der Waals surface area contributed by atoms with E-state index in [1.165, 1.54) is 4.31 Å². The highest BCUT2D eigenvalue weighted by atomic mass is 32.2. The average Bonchev–Trinajstić information content (AvgIpc) is 3.01. The lowest BCUT2D eigenvalue weighted by Gasteiger charge is -2.22. The summed E-state index contributed by atoms with van der Waals surface area (Å²) in [5, 5.41) is 0. The highest BCUT2D eigenvalue weighted by molar-refractivity contribution is 7.89. The first-order valence-electron chi connectivity index (χ1n) is 9.57. The summed E-state index contributed by atoms with van der Waals surface area (Å²) in [6.45, 7) is 4.23. The summed E-state index contributed by atoms with van der Waals surface area (Å²) < 4.78 is 32.9. The fraction of sp³-hybridized carbons (Fsp3) is 0.381. The van der Waals surface area contributed by atoms with Gasteiger partial charge in [-0.05, 0) is 49.2 Å². The van der Waals surface area contributed by atoms with E-state index in [2.05, 4.69) is 0 Å². The van der Waals surface area contributed by atoms with Crippen LogP contribution < -0.4 is 4.74 Å². The Kier molecular flexibility index (Phi) is 5.12. The third-order valence-corrected chi connectivity index (χ3v) is 7.25. The van der Waals surface area contributed by atoms with Crippen molar-refractivity contribution in [2.45, 2.75) is 24.7 Å². The van der Waals surface area contributed by atoms with E-state index in [1.807, 2.05) is 19.1 Å². The van der Waals surface area contributed by atoms with Gasteiger partial charge in [-0.25, -0.2) is 8.42 Å². The number of carbonyl (C=O) groups excluding carboxylic acids is 1. The summed E-state index contributed by atoms with van der Waals surface area (Å²) in [4.78, 5) is 15.0. The molecule has 2 aliphatic rings. The van der Waals surface area contributed by atoms with Crippen LogP contribution in [0.15, 0.2) is 47.4 Å². The van der Waals surface area contributed by atoms with Crippen LogP contribution in [0, 0.1) is 6.92 Å². The van der Waals surface area contributed by atoms with Crippen molar-refractivity contribution in [3.8, 4) is 5.75 Å². The number of benzene rings is 2. The SMILES string of the molecule is Cc1ccc(S(=O)(=O)N2CCCN(C(=O)c3ccc4c(c3)CCO4)CC2)cc1. The number of fused-ring (bicyclic) bond motifs is 1. The Labute approximate surface area is 165 Å². The zero-order chi connectivity index (χ0) is 19.7. The lowest BCUT2D eigenvalue weighted by molar-refractivity contribution is 0.0764. The largest absolute Gasteiger partial charge is 0.493 e. The molecule has 4 rings (SSSR count). The van der Waals surface area contributed by atoms with Crippen LogP contribution in [0.3, 0.4) is 0 Å². The molecule has 2 aromatic rings. The molecule has 148 valence electrons. The second-order valence-corrected chi connectivity index (χ2v) is 9.22. The molecule has 1 amide bonds. The second-order valence-electron chi connectivity index (χ2n) is 7.28. The highest BCUT2D eigenvalue weighted by Gasteiger charge is 2.29. The minimum Gasteiger partial charge on any atom is -0.493 e. The molecule has 0 spiro atoms. The van der Waals surface area contributed by atoms with Crippen molar-refractivity contribution in [3.05, 3.63) is 59.2 Å². The Morgan fingerprint density at radius 2 is 1.79 bits per heavy atom. The van der Waals surface area contributed by atoms with Gasteiger partial charge in [-0.2, -0.15) is 4.31 Å². The molecule has 1 fully saturated rings. The Bertz CT molecular complexity index is 986. The van der Waals surface area contributed by atoms with Crippen molar-refractivity contribution >= 4 is 15.9 Å². The van der Waals surface area contributed by atoms with E-state index in [9.17, 15) is 13.2 Å². The van der Waals surface area contributed by atoms with Gasteiger partial charge in [-0.15, -0.1) is 0 Å². The van der Waals surface area contributed by atoms with Crippen LogP contribution in [0.1, 0.15) is 27.9 Å².